The minimum absolute atomic E-state index is 1.03. The maximum Gasteiger partial charge on any atom is 0.229 e. The molecule has 0 saturated carbocycles. The second-order valence-corrected chi connectivity index (χ2v) is 10.1. The van der Waals surface area contributed by atoms with Crippen LogP contribution in [0.15, 0.2) is 146 Å². The first kappa shape index (κ1) is 21.4. The van der Waals surface area contributed by atoms with Crippen LogP contribution in [0.5, 0.6) is 0 Å². The van der Waals surface area contributed by atoms with Gasteiger partial charge in [0.2, 0.25) is 8.30 Å². The van der Waals surface area contributed by atoms with E-state index in [1.54, 1.807) is 0 Å². The highest BCUT2D eigenvalue weighted by Gasteiger charge is 2.27. The molecule has 5 aromatic rings. The van der Waals surface area contributed by atoms with Gasteiger partial charge in [0.1, 0.15) is 6.26 Å². The summed E-state index contributed by atoms with van der Waals surface area (Å²) in [5.41, 5.74) is 8.34. The van der Waals surface area contributed by atoms with Gasteiger partial charge in [-0.3, -0.25) is 4.67 Å². The van der Waals surface area contributed by atoms with Crippen LogP contribution in [0.4, 0.5) is 5.69 Å². The third-order valence-electron chi connectivity index (χ3n) is 6.15. The predicted octanol–water partition coefficient (Wildman–Crippen LogP) is 8.63. The van der Waals surface area contributed by atoms with Crippen LogP contribution < -0.4 is 9.97 Å². The monoisotopic (exact) mass is 469 g/mol. The van der Waals surface area contributed by atoms with E-state index in [1.807, 2.05) is 18.5 Å². The van der Waals surface area contributed by atoms with Crippen molar-refractivity contribution in [2.75, 3.05) is 4.67 Å². The molecule has 1 aliphatic heterocycles. The summed E-state index contributed by atoms with van der Waals surface area (Å²) in [6, 6.07) is 47.1. The highest BCUT2D eigenvalue weighted by Crippen LogP contribution is 2.49. The first-order valence-corrected chi connectivity index (χ1v) is 12.9. The normalized spacial score (nSPS) is 14.6. The van der Waals surface area contributed by atoms with Gasteiger partial charge >= 0.3 is 0 Å². The maximum atomic E-state index is 6.21. The predicted molar refractivity (Wildman–Crippen MR) is 148 cm³/mol. The Balaban J connectivity index is 1.38. The Bertz CT molecular complexity index is 1390. The van der Waals surface area contributed by atoms with Crippen LogP contribution in [0.25, 0.3) is 33.4 Å². The fourth-order valence-corrected chi connectivity index (χ4v) is 6.04. The Labute approximate surface area is 207 Å². The molecular formula is C32H24NOP. The molecule has 1 aliphatic rings. The summed E-state index contributed by atoms with van der Waals surface area (Å²) in [5, 5.41) is 1.18. The molecule has 6 rings (SSSR count). The van der Waals surface area contributed by atoms with Crippen LogP contribution in [0.2, 0.25) is 0 Å². The number of rotatable bonds is 5. The lowest BCUT2D eigenvalue weighted by Gasteiger charge is -2.24. The molecule has 0 aliphatic carbocycles. The summed E-state index contributed by atoms with van der Waals surface area (Å²) >= 11 is 0. The van der Waals surface area contributed by atoms with Crippen molar-refractivity contribution in [3.8, 4) is 33.4 Å². The second kappa shape index (κ2) is 9.62. The average molecular weight is 470 g/mol. The van der Waals surface area contributed by atoms with Gasteiger partial charge in [0.05, 0.1) is 0 Å². The van der Waals surface area contributed by atoms with Gasteiger partial charge in [0.15, 0.2) is 0 Å². The summed E-state index contributed by atoms with van der Waals surface area (Å²) in [4.78, 5) is 0. The van der Waals surface area contributed by atoms with E-state index in [9.17, 15) is 0 Å². The highest BCUT2D eigenvalue weighted by atomic mass is 31.2. The molecule has 0 amide bonds. The van der Waals surface area contributed by atoms with Crippen molar-refractivity contribution in [1.29, 1.82) is 0 Å². The molecular weight excluding hydrogens is 445 g/mol. The van der Waals surface area contributed by atoms with E-state index in [4.69, 9.17) is 4.52 Å². The molecule has 1 heterocycles. The van der Waals surface area contributed by atoms with Gasteiger partial charge in [-0.05, 0) is 63.7 Å². The van der Waals surface area contributed by atoms with Crippen LogP contribution in [0.1, 0.15) is 0 Å². The zero-order valence-electron chi connectivity index (χ0n) is 19.2. The van der Waals surface area contributed by atoms with Crippen LogP contribution in [-0.2, 0) is 4.52 Å². The molecule has 0 fully saturated rings. The van der Waals surface area contributed by atoms with Crippen molar-refractivity contribution in [1.82, 2.24) is 0 Å². The average Bonchev–Trinajstić information content (AvgIpc) is 3.45. The summed E-state index contributed by atoms with van der Waals surface area (Å²) in [5.74, 6) is 0. The van der Waals surface area contributed by atoms with Crippen molar-refractivity contribution in [3.63, 3.8) is 0 Å². The second-order valence-electron chi connectivity index (χ2n) is 8.42. The quantitative estimate of drug-likeness (QED) is 0.239. The van der Waals surface area contributed by atoms with Crippen molar-refractivity contribution in [3.05, 3.63) is 146 Å². The summed E-state index contributed by atoms with van der Waals surface area (Å²) in [6.07, 6.45) is 3.86. The van der Waals surface area contributed by atoms with Gasteiger partial charge in [-0.25, -0.2) is 0 Å². The molecule has 2 nitrogen and oxygen atoms in total. The molecule has 3 heteroatoms. The van der Waals surface area contributed by atoms with Gasteiger partial charge in [0.25, 0.3) is 0 Å². The molecule has 0 saturated heterocycles. The first-order valence-electron chi connectivity index (χ1n) is 11.7. The Hall–Kier alpha value is -4.13. The Morgan fingerprint density at radius 1 is 0.457 bits per heavy atom. The number of nitrogens with zero attached hydrogens (tertiary/aromatic N) is 1. The zero-order valence-corrected chi connectivity index (χ0v) is 20.1. The standard InChI is InChI=1S/C32H24NOP/c1-4-10-25(11-5-1)28-16-18-31(19-17-28)33-20-21-34-35(33)32-23-29(26-12-6-2-7-13-26)22-30(24-32)27-14-8-3-9-15-27/h1-24H. The third-order valence-corrected chi connectivity index (χ3v) is 7.93. The van der Waals surface area contributed by atoms with E-state index in [1.165, 1.54) is 38.7 Å². The molecule has 5 aromatic carbocycles. The Kier molecular flexibility index (Phi) is 5.88. The van der Waals surface area contributed by atoms with Crippen molar-refractivity contribution >= 4 is 19.3 Å². The fourth-order valence-electron chi connectivity index (χ4n) is 4.38. The zero-order chi connectivity index (χ0) is 23.5. The van der Waals surface area contributed by atoms with Crippen molar-refractivity contribution < 1.29 is 4.52 Å². The number of hydrogen-bond donors (Lipinski definition) is 0. The smallest absolute Gasteiger partial charge is 0.229 e. The number of benzene rings is 5. The number of anilines is 1. The van der Waals surface area contributed by atoms with E-state index >= 15 is 0 Å². The van der Waals surface area contributed by atoms with E-state index in [2.05, 4.69) is 132 Å². The summed E-state index contributed by atoms with van der Waals surface area (Å²) in [7, 11) is -1.03. The molecule has 1 unspecified atom stereocenters. The summed E-state index contributed by atoms with van der Waals surface area (Å²) in [6.45, 7) is 0. The van der Waals surface area contributed by atoms with Gasteiger partial charge in [-0.2, -0.15) is 0 Å². The van der Waals surface area contributed by atoms with E-state index in [0.29, 0.717) is 0 Å². The summed E-state index contributed by atoms with van der Waals surface area (Å²) < 4.78 is 8.47. The minimum Gasteiger partial charge on any atom is -0.455 e. The molecule has 0 N–H and O–H groups in total. The van der Waals surface area contributed by atoms with Crippen LogP contribution >= 0.6 is 8.30 Å². The minimum atomic E-state index is -1.03. The van der Waals surface area contributed by atoms with E-state index in [-0.39, 0.29) is 0 Å². The molecule has 0 bridgehead atoms. The molecule has 0 radical (unpaired) electrons. The van der Waals surface area contributed by atoms with Crippen LogP contribution in [0, 0.1) is 0 Å². The lowest BCUT2D eigenvalue weighted by atomic mass is 9.99. The van der Waals surface area contributed by atoms with Gasteiger partial charge in [-0.15, -0.1) is 0 Å². The molecule has 0 aromatic heterocycles. The fraction of sp³-hybridized carbons (Fsp3) is 0. The van der Waals surface area contributed by atoms with Gasteiger partial charge in [0, 0.05) is 17.2 Å². The highest BCUT2D eigenvalue weighted by molar-refractivity contribution is 7.63. The van der Waals surface area contributed by atoms with Crippen molar-refractivity contribution in [2.45, 2.75) is 0 Å². The Morgan fingerprint density at radius 3 is 1.43 bits per heavy atom. The Morgan fingerprint density at radius 2 is 0.914 bits per heavy atom. The maximum absolute atomic E-state index is 6.21. The van der Waals surface area contributed by atoms with E-state index in [0.717, 1.165) is 5.69 Å². The molecule has 35 heavy (non-hydrogen) atoms. The van der Waals surface area contributed by atoms with Crippen LogP contribution in [0.3, 0.4) is 0 Å². The molecule has 0 spiro atoms. The molecule has 1 atom stereocenters. The van der Waals surface area contributed by atoms with Crippen LogP contribution in [-0.4, -0.2) is 0 Å². The third kappa shape index (κ3) is 4.49. The van der Waals surface area contributed by atoms with Crippen molar-refractivity contribution in [2.24, 2.45) is 0 Å². The largest absolute Gasteiger partial charge is 0.455 e. The first-order chi connectivity index (χ1) is 17.3. The van der Waals surface area contributed by atoms with Gasteiger partial charge in [-0.1, -0.05) is 103 Å². The SMILES string of the molecule is C1=CN(c2ccc(-c3ccccc3)cc2)P(c2cc(-c3ccccc3)cc(-c3ccccc3)c2)O1. The van der Waals surface area contributed by atoms with Gasteiger partial charge < -0.3 is 4.52 Å². The van der Waals surface area contributed by atoms with E-state index < -0.39 is 8.30 Å². The topological polar surface area (TPSA) is 12.5 Å². The number of hydrogen-bond acceptors (Lipinski definition) is 2. The lowest BCUT2D eigenvalue weighted by molar-refractivity contribution is 0.556. The lowest BCUT2D eigenvalue weighted by Crippen LogP contribution is -2.15. The molecule has 168 valence electrons.